The van der Waals surface area contributed by atoms with Crippen molar-refractivity contribution in [2.45, 2.75) is 139 Å². The first-order chi connectivity index (χ1) is 56.1. The van der Waals surface area contributed by atoms with E-state index in [1.54, 1.807) is 0 Å². The highest BCUT2D eigenvalue weighted by atomic mass is 32.2. The first kappa shape index (κ1) is 94.4. The van der Waals surface area contributed by atoms with E-state index in [1.165, 1.54) is 98.9 Å². The molecule has 36 heteroatoms. The maximum atomic E-state index is 8.44. The second kappa shape index (κ2) is 52.9. The molecule has 32 nitrogen and oxygen atoms in total. The Labute approximate surface area is 697 Å². The van der Waals surface area contributed by atoms with E-state index in [0.29, 0.717) is 5.92 Å². The van der Waals surface area contributed by atoms with E-state index in [0.717, 1.165) is 109 Å². The quantitative estimate of drug-likeness (QED) is 0.0227. The number of ether oxygens (including phenoxy) is 1. The summed E-state index contributed by atoms with van der Waals surface area (Å²) in [5.74, 6) is 17.6. The van der Waals surface area contributed by atoms with Gasteiger partial charge >= 0.3 is 10.6 Å². The lowest BCUT2D eigenvalue weighted by Gasteiger charge is -2.05. The van der Waals surface area contributed by atoms with Gasteiger partial charge < -0.3 is 4.74 Å². The molecule has 0 aliphatic rings. The van der Waals surface area contributed by atoms with Gasteiger partial charge in [-0.25, -0.2) is 106 Å². The fraction of sp³-hybridized carbons (Fsp3) is 0.475. The zero-order chi connectivity index (χ0) is 84.0. The minimum absolute atomic E-state index is 0.675. The first-order valence-electron chi connectivity index (χ1n) is 39.5. The van der Waals surface area contributed by atoms with E-state index in [4.69, 9.17) is 17.4 Å². The lowest BCUT2D eigenvalue weighted by Crippen LogP contribution is -2.53. The van der Waals surface area contributed by atoms with Gasteiger partial charge in [0.25, 0.3) is 58.2 Å². The van der Waals surface area contributed by atoms with Crippen molar-refractivity contribution < 1.29 is 81.3 Å². The second-order valence-corrected chi connectivity index (χ2v) is 31.5. The molecule has 0 aliphatic carbocycles. The number of thioether (sulfide) groups is 3. The van der Waals surface area contributed by atoms with Crippen LogP contribution in [0.3, 0.4) is 0 Å². The number of aromatic nitrogens is 28. The zero-order valence-electron chi connectivity index (χ0n) is 71.4. The minimum Gasteiger partial charge on any atom is -0.381 e. The van der Waals surface area contributed by atoms with Crippen molar-refractivity contribution in [3.8, 4) is 0 Å². The van der Waals surface area contributed by atoms with Gasteiger partial charge in [0.2, 0.25) is 45.3 Å². The molecule has 14 aromatic heterocycles. The molecule has 628 valence electrons. The molecule has 0 aliphatic heterocycles. The van der Waals surface area contributed by atoms with Gasteiger partial charge in [-0.3, -0.25) is 0 Å². The third-order valence-electron chi connectivity index (χ3n) is 18.9. The summed E-state index contributed by atoms with van der Waals surface area (Å²) < 4.78 is 60.9. The topological polar surface area (TPSA) is 336 Å². The maximum absolute atomic E-state index is 8.44. The highest BCUT2D eigenvalue weighted by molar-refractivity contribution is 7.99. The highest BCUT2D eigenvalue weighted by Crippen LogP contribution is 2.04. The van der Waals surface area contributed by atoms with Crippen molar-refractivity contribution >= 4 is 45.9 Å². The van der Waals surface area contributed by atoms with E-state index in [9.17, 15) is 0 Å². The van der Waals surface area contributed by atoms with Gasteiger partial charge in [0.15, 0.2) is 25.7 Å². The largest absolute Gasteiger partial charge is 0.425 e. The Hall–Kier alpha value is -10.4. The molecule has 14 N–H and O–H groups in total. The van der Waals surface area contributed by atoms with Crippen LogP contribution in [-0.2, 0) is 156 Å². The Morgan fingerprint density at radius 1 is 0.345 bits per heavy atom. The van der Waals surface area contributed by atoms with Crippen molar-refractivity contribution in [3.63, 3.8) is 0 Å². The molecule has 14 rings (SSSR count). The third kappa shape index (κ3) is 33.1. The Morgan fingerprint density at radius 3 is 0.784 bits per heavy atom. The van der Waals surface area contributed by atoms with Crippen LogP contribution in [0.5, 0.6) is 0 Å². The van der Waals surface area contributed by atoms with Crippen molar-refractivity contribution in [2.24, 2.45) is 62.3 Å². The van der Waals surface area contributed by atoms with Gasteiger partial charge in [-0.2, -0.15) is 62.7 Å². The van der Waals surface area contributed by atoms with Crippen molar-refractivity contribution in [2.75, 3.05) is 48.7 Å². The Kier molecular flexibility index (Phi) is 43.1. The molecule has 0 fully saturated rings. The van der Waals surface area contributed by atoms with Gasteiger partial charge in [0.05, 0.1) is 69.2 Å². The fourth-order valence-corrected chi connectivity index (χ4v) is 13.4. The van der Waals surface area contributed by atoms with Gasteiger partial charge in [-0.1, -0.05) is 48.5 Å². The molecule has 0 atom stereocenters. The Bertz CT molecular complexity index is 4350. The minimum atomic E-state index is -3.11. The number of aromatic amines is 14. The normalized spacial score (nSPS) is 10.6. The van der Waals surface area contributed by atoms with Crippen LogP contribution in [0.1, 0.15) is 136 Å². The van der Waals surface area contributed by atoms with E-state index in [-0.39, 0.29) is 0 Å². The molecule has 0 saturated carbocycles. The standard InChI is InChI=1S/C13H20N4S2.2C11H16N4.4C9H12N4.C9H20OS.O3S/c1-18-9-3-12-14-5-7-16(12)11-17-8-6-15-13(17)4-10-19-2;2*1-3-10-5-12-7-14(10)9-15-8-13-6-11(15)4-2;4*1-12-5-3-10-8(12)7-9-11-4-6-13(9)2;1-4-11-7-5-6-10-8-9(2)3;1-4(2)3/h5-8H,3-4,9-11H2,1-2H3;2*5-8H,3-4,9H2,1-2H3;4*3-6H,7H2,1-2H3;9H,4-8H2,1-3H3;/p+14. The number of rotatable bonds is 31. The number of nitrogens with zero attached hydrogens (tertiary/aromatic N) is 14. The van der Waals surface area contributed by atoms with Crippen molar-refractivity contribution in [1.29, 1.82) is 0 Å². The summed E-state index contributed by atoms with van der Waals surface area (Å²) >= 11 is 5.75. The predicted molar refractivity (Wildman–Crippen MR) is 444 cm³/mol. The summed E-state index contributed by atoms with van der Waals surface area (Å²) in [4.78, 5) is 44.8. The average Bonchev–Trinajstić information content (AvgIpc) is 1.75. The molecule has 0 unspecified atom stereocenters. The molecule has 0 amide bonds. The van der Waals surface area contributed by atoms with E-state index in [2.05, 4.69) is 232 Å². The summed E-state index contributed by atoms with van der Waals surface area (Å²) in [5.41, 5.74) is 5.30. The van der Waals surface area contributed by atoms with Crippen LogP contribution in [-0.4, -0.2) is 131 Å². The molecule has 0 bridgehead atoms. The summed E-state index contributed by atoms with van der Waals surface area (Å²) in [6, 6.07) is 0. The van der Waals surface area contributed by atoms with E-state index < -0.39 is 10.6 Å². The summed E-state index contributed by atoms with van der Waals surface area (Å²) in [5, 5.41) is 0. The first-order valence-corrected chi connectivity index (χ1v) is 44.4. The number of nitrogens with one attached hydrogen (secondary N) is 14. The fourth-order valence-electron chi connectivity index (χ4n) is 11.9. The zero-order valence-corrected chi connectivity index (χ0v) is 74.7. The van der Waals surface area contributed by atoms with Crippen LogP contribution in [0.15, 0.2) is 174 Å². The average molecular weight is 1680 g/mol. The Morgan fingerprint density at radius 2 is 0.578 bits per heavy atom. The number of H-pyrrole nitrogens is 14. The van der Waals surface area contributed by atoms with Gasteiger partial charge in [0, 0.05) is 50.4 Å². The SMILES string of the molecule is CCSCCCOCC(C)C.CCc1c[nH]c[n+]1C[n+]1c[nH]cc1CC.CCc1c[nH]c[n+]1C[n+]1c[nH]cc1CC.CSCCc1[nH]cc[n+]1C[n+]1cc[nH]c1CCSC.C[n+]1cc[nH]c1Cc1[nH]cc[n+]1C.C[n+]1cc[nH]c1Cc1[nH]cc[n+]1C.C[n+]1cc[nH]c1Cc1[nH]cc[n+]1C.C[n+]1cc[nH]c1Cc1[nH]cc[n+]1C.O=S(=O)=O. The summed E-state index contributed by atoms with van der Waals surface area (Å²) in [6.45, 7) is 19.7. The van der Waals surface area contributed by atoms with Crippen molar-refractivity contribution in [1.82, 2.24) is 69.8 Å². The number of imidazole rings is 14. The molecule has 0 aromatic carbocycles. The molecule has 0 radical (unpaired) electrons. The molecular weight excluding hydrogens is 1550 g/mol. The number of hydrogen-bond donors (Lipinski definition) is 14. The molecule has 0 spiro atoms. The molecule has 14 heterocycles. The van der Waals surface area contributed by atoms with Crippen LogP contribution in [0, 0.1) is 5.92 Å². The number of aryl methyl sites for hydroxylation is 14. The van der Waals surface area contributed by atoms with E-state index >= 15 is 0 Å². The van der Waals surface area contributed by atoms with E-state index in [1.807, 2.05) is 229 Å². The summed E-state index contributed by atoms with van der Waals surface area (Å²) in [6.07, 6.45) is 71.6. The lowest BCUT2D eigenvalue weighted by atomic mass is 10.2. The third-order valence-corrected chi connectivity index (χ3v) is 21.1. The lowest BCUT2D eigenvalue weighted by molar-refractivity contribution is -0.917. The van der Waals surface area contributed by atoms with Crippen LogP contribution in [0.4, 0.5) is 0 Å². The maximum Gasteiger partial charge on any atom is 0.425 e. The van der Waals surface area contributed by atoms with Crippen LogP contribution >= 0.6 is 35.3 Å². The monoisotopic (exact) mass is 1680 g/mol. The molecule has 0 saturated heterocycles. The molecular formula is C80H134N28O4S4+14. The van der Waals surface area contributed by atoms with Gasteiger partial charge in [-0.05, 0) is 36.4 Å². The van der Waals surface area contributed by atoms with Gasteiger partial charge in [0.1, 0.15) is 171 Å². The van der Waals surface area contributed by atoms with Crippen molar-refractivity contribution in [3.05, 3.63) is 255 Å². The van der Waals surface area contributed by atoms with Crippen LogP contribution in [0.2, 0.25) is 0 Å². The smallest absolute Gasteiger partial charge is 0.381 e. The molecule has 116 heavy (non-hydrogen) atoms. The number of hydrogen-bond acceptors (Lipinski definition) is 7. The van der Waals surface area contributed by atoms with Crippen LogP contribution in [0.25, 0.3) is 0 Å². The Balaban J connectivity index is 0.000000205. The van der Waals surface area contributed by atoms with Gasteiger partial charge in [-0.15, -0.1) is 12.6 Å². The molecule has 14 aromatic rings. The van der Waals surface area contributed by atoms with Crippen LogP contribution < -0.4 is 63.9 Å². The highest BCUT2D eigenvalue weighted by Gasteiger charge is 2.22. The summed E-state index contributed by atoms with van der Waals surface area (Å²) in [7, 11) is 13.2. The second-order valence-electron chi connectivity index (χ2n) is 27.8. The predicted octanol–water partition coefficient (Wildman–Crippen LogP) is 2.46.